The summed E-state index contributed by atoms with van der Waals surface area (Å²) in [5, 5.41) is 10.2. The highest BCUT2D eigenvalue weighted by Gasteiger charge is 2.38. The topological polar surface area (TPSA) is 79.7 Å². The molecule has 1 aliphatic carbocycles. The molecule has 26 heavy (non-hydrogen) atoms. The van der Waals surface area contributed by atoms with Gasteiger partial charge in [-0.15, -0.1) is 0 Å². The van der Waals surface area contributed by atoms with Crippen molar-refractivity contribution < 1.29 is 18.1 Å². The lowest BCUT2D eigenvalue weighted by Gasteiger charge is -2.39. The van der Waals surface area contributed by atoms with Crippen molar-refractivity contribution in [2.24, 2.45) is 11.8 Å². The Morgan fingerprint density at radius 1 is 1.46 bits per heavy atom. The zero-order valence-corrected chi connectivity index (χ0v) is 15.9. The number of nitrogens with zero attached hydrogens (tertiary/aromatic N) is 2. The van der Waals surface area contributed by atoms with E-state index in [9.17, 15) is 13.4 Å². The van der Waals surface area contributed by atoms with Crippen LogP contribution in [0.5, 0.6) is 5.75 Å². The van der Waals surface area contributed by atoms with Gasteiger partial charge in [0.15, 0.2) is 0 Å². The van der Waals surface area contributed by atoms with Gasteiger partial charge < -0.3 is 9.68 Å². The molecule has 3 aliphatic rings. The summed E-state index contributed by atoms with van der Waals surface area (Å²) in [5.74, 6) is 2.75. The van der Waals surface area contributed by atoms with Crippen molar-refractivity contribution in [3.63, 3.8) is 0 Å². The molecule has 2 atom stereocenters. The van der Waals surface area contributed by atoms with Crippen LogP contribution in [0.2, 0.25) is 0 Å². The average Bonchev–Trinajstić information content (AvgIpc) is 3.09. The number of allylic oxidation sites excluding steroid dienone is 1. The minimum absolute atomic E-state index is 0.0166. The van der Waals surface area contributed by atoms with Gasteiger partial charge in [-0.25, -0.2) is 12.7 Å². The van der Waals surface area contributed by atoms with Crippen LogP contribution in [0, 0.1) is 11.8 Å². The SMILES string of the molecule is CCS(=O)(=O)N1CCC(C)C(C2=CB(O)Oc3cnc4c(c32)C=CC4)C1. The monoisotopic (exact) mass is 374 g/mol. The van der Waals surface area contributed by atoms with Gasteiger partial charge in [-0.1, -0.05) is 19.1 Å². The van der Waals surface area contributed by atoms with E-state index in [1.807, 2.05) is 6.08 Å². The van der Waals surface area contributed by atoms with Crippen LogP contribution in [0.4, 0.5) is 0 Å². The van der Waals surface area contributed by atoms with E-state index in [1.54, 1.807) is 23.4 Å². The maximum absolute atomic E-state index is 12.4. The fourth-order valence-corrected chi connectivity index (χ4v) is 5.29. The van der Waals surface area contributed by atoms with Crippen LogP contribution < -0.4 is 4.65 Å². The third kappa shape index (κ3) is 2.90. The van der Waals surface area contributed by atoms with E-state index in [-0.39, 0.29) is 11.7 Å². The van der Waals surface area contributed by atoms with Crippen LogP contribution in [0.1, 0.15) is 37.1 Å². The van der Waals surface area contributed by atoms with Gasteiger partial charge in [-0.05, 0) is 30.8 Å². The first-order chi connectivity index (χ1) is 12.4. The van der Waals surface area contributed by atoms with Crippen molar-refractivity contribution in [3.05, 3.63) is 35.1 Å². The molecule has 1 N–H and O–H groups in total. The molecule has 3 heterocycles. The molecule has 0 saturated carbocycles. The van der Waals surface area contributed by atoms with Crippen LogP contribution in [0.15, 0.2) is 18.2 Å². The van der Waals surface area contributed by atoms with E-state index in [0.29, 0.717) is 24.8 Å². The Hall–Kier alpha value is -1.64. The van der Waals surface area contributed by atoms with Crippen molar-refractivity contribution in [2.45, 2.75) is 26.7 Å². The molecular formula is C18H23BN2O4S. The lowest BCUT2D eigenvalue weighted by molar-refractivity contribution is 0.239. The van der Waals surface area contributed by atoms with Crippen molar-refractivity contribution in [1.82, 2.24) is 9.29 Å². The largest absolute Gasteiger partial charge is 0.552 e. The van der Waals surface area contributed by atoms with Crippen LogP contribution in [0.25, 0.3) is 11.6 Å². The van der Waals surface area contributed by atoms with Gasteiger partial charge in [0.25, 0.3) is 0 Å². The van der Waals surface area contributed by atoms with Gasteiger partial charge in [0, 0.05) is 36.6 Å². The Kier molecular flexibility index (Phi) is 4.45. The first kappa shape index (κ1) is 17.8. The van der Waals surface area contributed by atoms with Crippen LogP contribution in [-0.2, 0) is 16.4 Å². The summed E-state index contributed by atoms with van der Waals surface area (Å²) in [7, 11) is -4.27. The number of sulfonamides is 1. The number of hydrogen-bond donors (Lipinski definition) is 1. The van der Waals surface area contributed by atoms with Crippen LogP contribution in [0.3, 0.4) is 0 Å². The van der Waals surface area contributed by atoms with Crippen molar-refractivity contribution in [1.29, 1.82) is 0 Å². The summed E-state index contributed by atoms with van der Waals surface area (Å²) in [6.07, 6.45) is 7.37. The molecule has 0 spiro atoms. The van der Waals surface area contributed by atoms with Crippen molar-refractivity contribution in [2.75, 3.05) is 18.8 Å². The minimum atomic E-state index is -3.23. The number of aromatic nitrogens is 1. The van der Waals surface area contributed by atoms with Crippen molar-refractivity contribution in [3.8, 4) is 5.75 Å². The molecule has 0 aromatic carbocycles. The summed E-state index contributed by atoms with van der Waals surface area (Å²) >= 11 is 0. The predicted molar refractivity (Wildman–Crippen MR) is 102 cm³/mol. The first-order valence-electron chi connectivity index (χ1n) is 9.13. The third-order valence-electron chi connectivity index (χ3n) is 5.70. The van der Waals surface area contributed by atoms with Gasteiger partial charge in [0.1, 0.15) is 5.75 Å². The van der Waals surface area contributed by atoms with Crippen LogP contribution in [-0.4, -0.2) is 48.7 Å². The van der Waals surface area contributed by atoms with Gasteiger partial charge in [0.2, 0.25) is 10.0 Å². The van der Waals surface area contributed by atoms with Gasteiger partial charge in [-0.2, -0.15) is 0 Å². The highest BCUT2D eigenvalue weighted by molar-refractivity contribution is 7.89. The minimum Gasteiger partial charge on any atom is -0.531 e. The number of piperidine rings is 1. The molecule has 0 bridgehead atoms. The second-order valence-corrected chi connectivity index (χ2v) is 9.48. The molecule has 1 saturated heterocycles. The summed E-state index contributed by atoms with van der Waals surface area (Å²) in [5.41, 5.74) is 3.97. The molecule has 0 radical (unpaired) electrons. The molecule has 8 heteroatoms. The molecule has 0 amide bonds. The van der Waals surface area contributed by atoms with Crippen molar-refractivity contribution >= 4 is 28.8 Å². The lowest BCUT2D eigenvalue weighted by Crippen LogP contribution is -2.44. The smallest absolute Gasteiger partial charge is 0.531 e. The molecule has 1 fully saturated rings. The second kappa shape index (κ2) is 6.51. The van der Waals surface area contributed by atoms with E-state index in [4.69, 9.17) is 4.65 Å². The van der Waals surface area contributed by atoms with E-state index in [2.05, 4.69) is 18.0 Å². The summed E-state index contributed by atoms with van der Waals surface area (Å²) in [6.45, 7) is 4.83. The van der Waals surface area contributed by atoms with E-state index in [1.165, 1.54) is 0 Å². The number of hydrogen-bond acceptors (Lipinski definition) is 5. The average molecular weight is 374 g/mol. The zero-order valence-electron chi connectivity index (χ0n) is 15.1. The van der Waals surface area contributed by atoms with Crippen LogP contribution >= 0.6 is 0 Å². The Labute approximate surface area is 154 Å². The molecule has 138 valence electrons. The standard InChI is InChI=1S/C18H23BN2O4S/c1-3-26(23,24)21-8-7-12(2)15(11-21)14-9-19(22)25-17-10-20-16-6-4-5-13(16)18(14)17/h4-5,9-10,12,15,22H,3,6-8,11H2,1-2H3. The molecule has 1 aromatic rings. The molecule has 4 rings (SSSR count). The molecule has 6 nitrogen and oxygen atoms in total. The normalized spacial score (nSPS) is 25.5. The van der Waals surface area contributed by atoms with E-state index in [0.717, 1.165) is 35.2 Å². The molecule has 1 aromatic heterocycles. The predicted octanol–water partition coefficient (Wildman–Crippen LogP) is 1.75. The Balaban J connectivity index is 1.77. The highest BCUT2D eigenvalue weighted by atomic mass is 32.2. The summed E-state index contributed by atoms with van der Waals surface area (Å²) in [4.78, 5) is 4.44. The zero-order chi connectivity index (χ0) is 18.5. The summed E-state index contributed by atoms with van der Waals surface area (Å²) in [6, 6.07) is 0. The maximum atomic E-state index is 12.4. The third-order valence-corrected chi connectivity index (χ3v) is 7.55. The lowest BCUT2D eigenvalue weighted by atomic mass is 9.71. The number of rotatable bonds is 3. The fourth-order valence-electron chi connectivity index (χ4n) is 4.15. The number of fused-ring (bicyclic) bond motifs is 3. The highest BCUT2D eigenvalue weighted by Crippen LogP contribution is 2.44. The Bertz CT molecular complexity index is 897. The van der Waals surface area contributed by atoms with Gasteiger partial charge in [0.05, 0.1) is 17.6 Å². The maximum Gasteiger partial charge on any atom is 0.552 e. The van der Waals surface area contributed by atoms with Gasteiger partial charge >= 0.3 is 7.12 Å². The Morgan fingerprint density at radius 2 is 2.27 bits per heavy atom. The molecule has 2 aliphatic heterocycles. The molecular weight excluding hydrogens is 351 g/mol. The van der Waals surface area contributed by atoms with E-state index >= 15 is 0 Å². The first-order valence-corrected chi connectivity index (χ1v) is 10.7. The van der Waals surface area contributed by atoms with E-state index < -0.39 is 17.1 Å². The summed E-state index contributed by atoms with van der Waals surface area (Å²) < 4.78 is 32.0. The number of pyridine rings is 1. The molecule has 2 unspecified atom stereocenters. The second-order valence-electron chi connectivity index (χ2n) is 7.23. The van der Waals surface area contributed by atoms with Gasteiger partial charge in [-0.3, -0.25) is 4.98 Å². The quantitative estimate of drug-likeness (QED) is 0.816. The fraction of sp³-hybridized carbons (Fsp3) is 0.500. The Morgan fingerprint density at radius 3 is 3.04 bits per heavy atom.